The number of benzene rings is 1. The van der Waals surface area contributed by atoms with Gasteiger partial charge in [0, 0.05) is 19.2 Å². The molecule has 2 rings (SSSR count). The zero-order valence-electron chi connectivity index (χ0n) is 11.5. The Balaban J connectivity index is 1.95. The summed E-state index contributed by atoms with van der Waals surface area (Å²) in [4.78, 5) is 11.9. The predicted octanol–water partition coefficient (Wildman–Crippen LogP) is 1.93. The number of halogens is 1. The number of methoxy groups -OCH3 is 1. The summed E-state index contributed by atoms with van der Waals surface area (Å²) >= 11 is 0. The molecule has 7 heteroatoms. The van der Waals surface area contributed by atoms with Gasteiger partial charge in [0.25, 0.3) is 5.91 Å². The van der Waals surface area contributed by atoms with Crippen molar-refractivity contribution >= 4 is 17.5 Å². The molecule has 0 spiro atoms. The van der Waals surface area contributed by atoms with Crippen LogP contribution in [-0.2, 0) is 4.74 Å². The van der Waals surface area contributed by atoms with Crippen LogP contribution < -0.4 is 10.6 Å². The molecule has 0 unspecified atom stereocenters. The second kappa shape index (κ2) is 7.30. The Morgan fingerprint density at radius 2 is 2.00 bits per heavy atom. The maximum atomic E-state index is 13.0. The molecule has 0 aliphatic heterocycles. The van der Waals surface area contributed by atoms with Crippen LogP contribution in [0.3, 0.4) is 0 Å². The summed E-state index contributed by atoms with van der Waals surface area (Å²) < 4.78 is 17.9. The van der Waals surface area contributed by atoms with Crippen molar-refractivity contribution in [3.05, 3.63) is 47.8 Å². The van der Waals surface area contributed by atoms with E-state index in [2.05, 4.69) is 20.8 Å². The average Bonchev–Trinajstić information content (AvgIpc) is 2.49. The van der Waals surface area contributed by atoms with Crippen LogP contribution >= 0.6 is 0 Å². The molecule has 0 aliphatic carbocycles. The number of carbonyl (C=O) groups is 1. The number of hydrogen-bond donors (Lipinski definition) is 2. The van der Waals surface area contributed by atoms with E-state index in [0.29, 0.717) is 24.8 Å². The van der Waals surface area contributed by atoms with Crippen LogP contribution in [0, 0.1) is 5.82 Å². The Morgan fingerprint density at radius 1 is 1.24 bits per heavy atom. The zero-order valence-corrected chi connectivity index (χ0v) is 11.5. The van der Waals surface area contributed by atoms with Crippen molar-refractivity contribution in [1.82, 2.24) is 10.2 Å². The molecule has 110 valence electrons. The molecule has 0 atom stereocenters. The SMILES string of the molecule is COCCNc1ccc(NC(=O)c2cccc(F)c2)nn1. The number of ether oxygens (including phenoxy) is 1. The first kappa shape index (κ1) is 14.9. The normalized spacial score (nSPS) is 10.2. The maximum Gasteiger partial charge on any atom is 0.256 e. The summed E-state index contributed by atoms with van der Waals surface area (Å²) in [6.45, 7) is 1.17. The van der Waals surface area contributed by atoms with Gasteiger partial charge in [-0.3, -0.25) is 4.79 Å². The number of nitrogens with one attached hydrogen (secondary N) is 2. The smallest absolute Gasteiger partial charge is 0.256 e. The molecular weight excluding hydrogens is 275 g/mol. The van der Waals surface area contributed by atoms with Gasteiger partial charge in [-0.15, -0.1) is 10.2 Å². The zero-order chi connectivity index (χ0) is 15.1. The van der Waals surface area contributed by atoms with Gasteiger partial charge in [-0.1, -0.05) is 6.07 Å². The highest BCUT2D eigenvalue weighted by Crippen LogP contribution is 2.09. The Kier molecular flexibility index (Phi) is 5.16. The number of amides is 1. The molecule has 0 saturated carbocycles. The molecule has 0 saturated heterocycles. The molecule has 2 aromatic rings. The standard InChI is InChI=1S/C14H15FN4O2/c1-21-8-7-16-12-5-6-13(19-18-12)17-14(20)10-3-2-4-11(15)9-10/h2-6,9H,7-8H2,1H3,(H,16,18)(H,17,19,20). The summed E-state index contributed by atoms with van der Waals surface area (Å²) in [5.74, 6) is -0.0346. The third-order valence-corrected chi connectivity index (χ3v) is 2.61. The monoisotopic (exact) mass is 290 g/mol. The highest BCUT2D eigenvalue weighted by Gasteiger charge is 2.08. The topological polar surface area (TPSA) is 76.1 Å². The Labute approximate surface area is 121 Å². The molecule has 0 bridgehead atoms. The van der Waals surface area contributed by atoms with Gasteiger partial charge in [0.1, 0.15) is 11.6 Å². The third-order valence-electron chi connectivity index (χ3n) is 2.61. The van der Waals surface area contributed by atoms with Crippen LogP contribution in [0.15, 0.2) is 36.4 Å². The van der Waals surface area contributed by atoms with Crippen molar-refractivity contribution in [2.45, 2.75) is 0 Å². The molecule has 1 amide bonds. The molecule has 0 aliphatic rings. The van der Waals surface area contributed by atoms with Crippen LogP contribution in [-0.4, -0.2) is 36.4 Å². The fraction of sp³-hybridized carbons (Fsp3) is 0.214. The second-order valence-corrected chi connectivity index (χ2v) is 4.19. The van der Waals surface area contributed by atoms with Gasteiger partial charge in [-0.2, -0.15) is 0 Å². The number of hydrogen-bond acceptors (Lipinski definition) is 5. The number of aromatic nitrogens is 2. The van der Waals surface area contributed by atoms with Gasteiger partial charge in [0.05, 0.1) is 6.61 Å². The van der Waals surface area contributed by atoms with E-state index in [4.69, 9.17) is 4.74 Å². The number of nitrogens with zero attached hydrogens (tertiary/aromatic N) is 2. The molecule has 21 heavy (non-hydrogen) atoms. The molecule has 6 nitrogen and oxygen atoms in total. The van der Waals surface area contributed by atoms with Crippen LogP contribution in [0.2, 0.25) is 0 Å². The Bertz CT molecular complexity index is 604. The fourth-order valence-corrected chi connectivity index (χ4v) is 1.59. The van der Waals surface area contributed by atoms with E-state index in [1.807, 2.05) is 0 Å². The van der Waals surface area contributed by atoms with Gasteiger partial charge < -0.3 is 15.4 Å². The van der Waals surface area contributed by atoms with Gasteiger partial charge in [0.2, 0.25) is 0 Å². The van der Waals surface area contributed by atoms with Gasteiger partial charge in [0.15, 0.2) is 5.82 Å². The van der Waals surface area contributed by atoms with E-state index in [9.17, 15) is 9.18 Å². The first-order valence-electron chi connectivity index (χ1n) is 6.32. The lowest BCUT2D eigenvalue weighted by Gasteiger charge is -2.06. The second-order valence-electron chi connectivity index (χ2n) is 4.19. The summed E-state index contributed by atoms with van der Waals surface area (Å²) in [7, 11) is 1.61. The minimum Gasteiger partial charge on any atom is -0.383 e. The van der Waals surface area contributed by atoms with E-state index in [-0.39, 0.29) is 5.56 Å². The molecule has 0 radical (unpaired) electrons. The number of carbonyl (C=O) groups excluding carboxylic acids is 1. The van der Waals surface area contributed by atoms with Crippen LogP contribution in [0.4, 0.5) is 16.0 Å². The van der Waals surface area contributed by atoms with E-state index in [1.165, 1.54) is 18.2 Å². The van der Waals surface area contributed by atoms with E-state index >= 15 is 0 Å². The van der Waals surface area contributed by atoms with Crippen LogP contribution in [0.1, 0.15) is 10.4 Å². The average molecular weight is 290 g/mol. The molecule has 1 heterocycles. The Hall–Kier alpha value is -2.54. The van der Waals surface area contributed by atoms with E-state index < -0.39 is 11.7 Å². The summed E-state index contributed by atoms with van der Waals surface area (Å²) in [5.41, 5.74) is 0.221. The van der Waals surface area contributed by atoms with Crippen molar-refractivity contribution in [1.29, 1.82) is 0 Å². The van der Waals surface area contributed by atoms with Crippen molar-refractivity contribution in [2.24, 2.45) is 0 Å². The summed E-state index contributed by atoms with van der Waals surface area (Å²) in [6.07, 6.45) is 0. The van der Waals surface area contributed by atoms with Crippen LogP contribution in [0.5, 0.6) is 0 Å². The molecule has 0 fully saturated rings. The minimum absolute atomic E-state index is 0.221. The predicted molar refractivity (Wildman–Crippen MR) is 76.8 cm³/mol. The highest BCUT2D eigenvalue weighted by atomic mass is 19.1. The molecule has 2 N–H and O–H groups in total. The van der Waals surface area contributed by atoms with Crippen molar-refractivity contribution < 1.29 is 13.9 Å². The summed E-state index contributed by atoms with van der Waals surface area (Å²) in [5, 5.41) is 13.3. The van der Waals surface area contributed by atoms with E-state index in [0.717, 1.165) is 6.07 Å². The number of anilines is 2. The van der Waals surface area contributed by atoms with Gasteiger partial charge in [-0.05, 0) is 30.3 Å². The quantitative estimate of drug-likeness (QED) is 0.795. The van der Waals surface area contributed by atoms with Crippen molar-refractivity contribution in [2.75, 3.05) is 30.9 Å². The lowest BCUT2D eigenvalue weighted by Crippen LogP contribution is -2.14. The summed E-state index contributed by atoms with van der Waals surface area (Å²) in [6, 6.07) is 8.72. The fourth-order valence-electron chi connectivity index (χ4n) is 1.59. The van der Waals surface area contributed by atoms with Gasteiger partial charge in [-0.25, -0.2) is 4.39 Å². The van der Waals surface area contributed by atoms with Crippen LogP contribution in [0.25, 0.3) is 0 Å². The first-order valence-corrected chi connectivity index (χ1v) is 6.32. The molecule has 1 aromatic carbocycles. The van der Waals surface area contributed by atoms with Crippen molar-refractivity contribution in [3.63, 3.8) is 0 Å². The minimum atomic E-state index is -0.466. The highest BCUT2D eigenvalue weighted by molar-refractivity contribution is 6.03. The maximum absolute atomic E-state index is 13.0. The third kappa shape index (κ3) is 4.50. The van der Waals surface area contributed by atoms with Gasteiger partial charge >= 0.3 is 0 Å². The van der Waals surface area contributed by atoms with E-state index in [1.54, 1.807) is 19.2 Å². The first-order chi connectivity index (χ1) is 10.2. The lowest BCUT2D eigenvalue weighted by atomic mass is 10.2. The molecular formula is C14H15FN4O2. The Morgan fingerprint density at radius 3 is 2.67 bits per heavy atom. The number of rotatable bonds is 6. The lowest BCUT2D eigenvalue weighted by molar-refractivity contribution is 0.102. The van der Waals surface area contributed by atoms with Crippen molar-refractivity contribution in [3.8, 4) is 0 Å². The molecule has 1 aromatic heterocycles. The largest absolute Gasteiger partial charge is 0.383 e.